The summed E-state index contributed by atoms with van der Waals surface area (Å²) in [6.07, 6.45) is 2.68. The molecule has 2 atom stereocenters. The first kappa shape index (κ1) is 20.7. The van der Waals surface area contributed by atoms with Gasteiger partial charge in [0.25, 0.3) is 0 Å². The SMILES string of the molecule is O=C(OCC1c2ccccc2-c2ccccc21)N1C2C=C(c3cccc(Br)c3)CC1COC2. The van der Waals surface area contributed by atoms with Crippen molar-refractivity contribution in [3.8, 4) is 11.1 Å². The molecule has 166 valence electrons. The highest BCUT2D eigenvalue weighted by Gasteiger charge is 2.39. The van der Waals surface area contributed by atoms with Crippen molar-refractivity contribution in [3.63, 3.8) is 0 Å². The van der Waals surface area contributed by atoms with Gasteiger partial charge >= 0.3 is 6.09 Å². The summed E-state index contributed by atoms with van der Waals surface area (Å²) in [5.41, 5.74) is 7.37. The lowest BCUT2D eigenvalue weighted by Crippen LogP contribution is -2.56. The van der Waals surface area contributed by atoms with E-state index in [9.17, 15) is 4.79 Å². The minimum atomic E-state index is -0.250. The van der Waals surface area contributed by atoms with Gasteiger partial charge in [-0.15, -0.1) is 0 Å². The molecular weight excluding hydrogens is 478 g/mol. The Bertz CT molecular complexity index is 1210. The monoisotopic (exact) mass is 501 g/mol. The van der Waals surface area contributed by atoms with Crippen molar-refractivity contribution < 1.29 is 14.3 Å². The quantitative estimate of drug-likeness (QED) is 0.425. The van der Waals surface area contributed by atoms with Crippen molar-refractivity contribution in [1.82, 2.24) is 4.90 Å². The van der Waals surface area contributed by atoms with E-state index < -0.39 is 0 Å². The number of ether oxygens (including phenoxy) is 2. The molecule has 3 aromatic rings. The molecule has 0 aromatic heterocycles. The predicted octanol–water partition coefficient (Wildman–Crippen LogP) is 6.25. The van der Waals surface area contributed by atoms with Crippen molar-refractivity contribution in [2.45, 2.75) is 24.4 Å². The Morgan fingerprint density at radius 2 is 1.70 bits per heavy atom. The predicted molar refractivity (Wildman–Crippen MR) is 132 cm³/mol. The molecule has 1 amide bonds. The van der Waals surface area contributed by atoms with E-state index in [1.165, 1.54) is 33.4 Å². The van der Waals surface area contributed by atoms with Gasteiger partial charge in [-0.2, -0.15) is 0 Å². The molecule has 0 N–H and O–H groups in total. The summed E-state index contributed by atoms with van der Waals surface area (Å²) in [5.74, 6) is 0.0648. The summed E-state index contributed by atoms with van der Waals surface area (Å²) in [6, 6.07) is 25.0. The van der Waals surface area contributed by atoms with Crippen molar-refractivity contribution in [1.29, 1.82) is 0 Å². The van der Waals surface area contributed by atoms with Gasteiger partial charge in [-0.05, 0) is 51.9 Å². The number of carbonyl (C=O) groups is 1. The molecule has 4 nitrogen and oxygen atoms in total. The summed E-state index contributed by atoms with van der Waals surface area (Å²) in [5, 5.41) is 0. The lowest BCUT2D eigenvalue weighted by Gasteiger charge is -2.44. The highest BCUT2D eigenvalue weighted by molar-refractivity contribution is 9.10. The van der Waals surface area contributed by atoms with E-state index in [1.807, 2.05) is 17.0 Å². The zero-order chi connectivity index (χ0) is 22.4. The number of nitrogens with zero attached hydrogens (tertiary/aromatic N) is 1. The van der Waals surface area contributed by atoms with Gasteiger partial charge in [0.15, 0.2) is 0 Å². The molecule has 0 radical (unpaired) electrons. The van der Waals surface area contributed by atoms with Crippen molar-refractivity contribution in [2.24, 2.45) is 0 Å². The van der Waals surface area contributed by atoms with Crippen LogP contribution >= 0.6 is 15.9 Å². The van der Waals surface area contributed by atoms with Crippen molar-refractivity contribution in [3.05, 3.63) is 100 Å². The summed E-state index contributed by atoms with van der Waals surface area (Å²) in [6.45, 7) is 1.37. The molecule has 6 rings (SSSR count). The first-order chi connectivity index (χ1) is 16.2. The first-order valence-corrected chi connectivity index (χ1v) is 12.2. The Morgan fingerprint density at radius 1 is 0.970 bits per heavy atom. The number of hydrogen-bond donors (Lipinski definition) is 0. The van der Waals surface area contributed by atoms with Crippen LogP contribution in [0, 0.1) is 0 Å². The maximum Gasteiger partial charge on any atom is 0.410 e. The van der Waals surface area contributed by atoms with E-state index >= 15 is 0 Å². The second kappa shape index (κ2) is 8.47. The Morgan fingerprint density at radius 3 is 2.39 bits per heavy atom. The fourth-order valence-electron chi connectivity index (χ4n) is 5.45. The van der Waals surface area contributed by atoms with Crippen molar-refractivity contribution >= 4 is 27.6 Å². The Labute approximate surface area is 202 Å². The van der Waals surface area contributed by atoms with Gasteiger partial charge in [-0.25, -0.2) is 4.79 Å². The molecule has 2 heterocycles. The van der Waals surface area contributed by atoms with Gasteiger partial charge in [0.2, 0.25) is 0 Å². The maximum atomic E-state index is 13.3. The lowest BCUT2D eigenvalue weighted by atomic mass is 9.90. The van der Waals surface area contributed by atoms with Crippen LogP contribution in [0.1, 0.15) is 29.0 Å². The zero-order valence-electron chi connectivity index (χ0n) is 18.1. The average molecular weight is 502 g/mol. The van der Waals surface area contributed by atoms with E-state index in [-0.39, 0.29) is 24.1 Å². The first-order valence-electron chi connectivity index (χ1n) is 11.4. The zero-order valence-corrected chi connectivity index (χ0v) is 19.7. The molecule has 2 unspecified atom stereocenters. The summed E-state index contributed by atoms with van der Waals surface area (Å²) < 4.78 is 12.8. The molecule has 0 saturated carbocycles. The third kappa shape index (κ3) is 3.69. The fraction of sp³-hybridized carbons (Fsp3) is 0.250. The smallest absolute Gasteiger partial charge is 0.410 e. The summed E-state index contributed by atoms with van der Waals surface area (Å²) >= 11 is 3.56. The van der Waals surface area contributed by atoms with Gasteiger partial charge in [0.1, 0.15) is 6.61 Å². The minimum absolute atomic E-state index is 0.0154. The van der Waals surface area contributed by atoms with E-state index in [2.05, 4.69) is 82.7 Å². The van der Waals surface area contributed by atoms with Crippen LogP contribution in [0.25, 0.3) is 16.7 Å². The van der Waals surface area contributed by atoms with Crippen LogP contribution in [0.3, 0.4) is 0 Å². The van der Waals surface area contributed by atoms with Crippen LogP contribution in [0.2, 0.25) is 0 Å². The normalized spacial score (nSPS) is 21.2. The molecular formula is C28H24BrNO3. The second-order valence-electron chi connectivity index (χ2n) is 8.88. The highest BCUT2D eigenvalue weighted by Crippen LogP contribution is 2.44. The van der Waals surface area contributed by atoms with Gasteiger partial charge in [0, 0.05) is 10.4 Å². The van der Waals surface area contributed by atoms with Crippen LogP contribution in [-0.4, -0.2) is 42.9 Å². The van der Waals surface area contributed by atoms with Crippen LogP contribution in [0.4, 0.5) is 4.79 Å². The molecule has 5 heteroatoms. The number of hydrogen-bond acceptors (Lipinski definition) is 3. The molecule has 1 saturated heterocycles. The number of amides is 1. The standard InChI is InChI=1S/C28H24BrNO3/c29-20-7-5-6-18(12-20)19-13-21-15-32-16-22(14-19)30(21)28(31)33-17-27-25-10-3-1-8-23(25)24-9-2-4-11-26(24)27/h1-13,21-22,27H,14-17H2. The number of rotatable bonds is 3. The molecule has 1 fully saturated rings. The van der Waals surface area contributed by atoms with Crippen molar-refractivity contribution in [2.75, 3.05) is 19.8 Å². The van der Waals surface area contributed by atoms with Gasteiger partial charge in [-0.1, -0.05) is 82.7 Å². The summed E-state index contributed by atoms with van der Waals surface area (Å²) in [7, 11) is 0. The lowest BCUT2D eigenvalue weighted by molar-refractivity contribution is -0.0331. The molecule has 1 aliphatic carbocycles. The maximum absolute atomic E-state index is 13.3. The van der Waals surface area contributed by atoms with Crippen LogP contribution < -0.4 is 0 Å². The average Bonchev–Trinajstić information content (AvgIpc) is 3.15. The summed E-state index contributed by atoms with van der Waals surface area (Å²) in [4.78, 5) is 15.2. The minimum Gasteiger partial charge on any atom is -0.448 e. The Balaban J connectivity index is 1.22. The van der Waals surface area contributed by atoms with Crippen LogP contribution in [0.15, 0.2) is 83.3 Å². The molecule has 3 aliphatic rings. The Hall–Kier alpha value is -2.89. The third-order valence-corrected chi connectivity index (χ3v) is 7.43. The van der Waals surface area contributed by atoms with Crippen LogP contribution in [-0.2, 0) is 9.47 Å². The third-order valence-electron chi connectivity index (χ3n) is 6.94. The topological polar surface area (TPSA) is 38.8 Å². The van der Waals surface area contributed by atoms with Crippen LogP contribution in [0.5, 0.6) is 0 Å². The molecule has 2 bridgehead atoms. The Kier molecular flexibility index (Phi) is 5.31. The molecule has 0 spiro atoms. The number of fused-ring (bicyclic) bond motifs is 5. The number of benzene rings is 3. The number of halogens is 1. The van der Waals surface area contributed by atoms with E-state index in [4.69, 9.17) is 9.47 Å². The molecule has 33 heavy (non-hydrogen) atoms. The largest absolute Gasteiger partial charge is 0.448 e. The fourth-order valence-corrected chi connectivity index (χ4v) is 5.85. The van der Waals surface area contributed by atoms with E-state index in [0.717, 1.165) is 10.9 Å². The molecule has 2 aliphatic heterocycles. The second-order valence-corrected chi connectivity index (χ2v) is 9.79. The van der Waals surface area contributed by atoms with Gasteiger partial charge < -0.3 is 9.47 Å². The van der Waals surface area contributed by atoms with E-state index in [0.29, 0.717) is 19.8 Å². The number of carbonyl (C=O) groups excluding carboxylic acids is 1. The van der Waals surface area contributed by atoms with E-state index in [1.54, 1.807) is 0 Å². The van der Waals surface area contributed by atoms with Gasteiger partial charge in [-0.3, -0.25) is 4.90 Å². The van der Waals surface area contributed by atoms with Gasteiger partial charge in [0.05, 0.1) is 25.3 Å². The highest BCUT2D eigenvalue weighted by atomic mass is 79.9. The number of morpholine rings is 1. The molecule has 3 aromatic carbocycles.